The maximum atomic E-state index is 13.7. The number of nitrogens with one attached hydrogen (secondary N) is 1. The van der Waals surface area contributed by atoms with Gasteiger partial charge in [-0.2, -0.15) is 0 Å². The number of halogens is 1. The molecule has 3 heterocycles. The highest BCUT2D eigenvalue weighted by Crippen LogP contribution is 2.42. The molecule has 0 spiro atoms. The Labute approximate surface area is 206 Å². The van der Waals surface area contributed by atoms with Gasteiger partial charge in [0, 0.05) is 9.86 Å². The van der Waals surface area contributed by atoms with Crippen molar-refractivity contribution in [3.63, 3.8) is 0 Å². The van der Waals surface area contributed by atoms with Gasteiger partial charge in [-0.3, -0.25) is 14.5 Å². The Balaban J connectivity index is 1.51. The Bertz CT molecular complexity index is 1650. The Morgan fingerprint density at radius 2 is 1.80 bits per heavy atom. The molecule has 1 aliphatic heterocycles. The number of aromatic amines is 1. The second-order valence-corrected chi connectivity index (χ2v) is 9.05. The minimum absolute atomic E-state index is 0.0114. The summed E-state index contributed by atoms with van der Waals surface area (Å²) in [5.41, 5.74) is 2.18. The van der Waals surface area contributed by atoms with E-state index in [1.165, 1.54) is 17.0 Å². The van der Waals surface area contributed by atoms with E-state index in [9.17, 15) is 19.8 Å². The van der Waals surface area contributed by atoms with Crippen LogP contribution in [-0.4, -0.2) is 31.9 Å². The van der Waals surface area contributed by atoms with Crippen molar-refractivity contribution in [1.29, 1.82) is 0 Å². The highest BCUT2D eigenvalue weighted by molar-refractivity contribution is 9.10. The lowest BCUT2D eigenvalue weighted by atomic mass is 9.95. The van der Waals surface area contributed by atoms with E-state index in [1.54, 1.807) is 36.4 Å². The molecule has 0 fully saturated rings. The molecule has 5 aromatic rings. The van der Waals surface area contributed by atoms with E-state index >= 15 is 0 Å². The van der Waals surface area contributed by atoms with Crippen LogP contribution in [0.5, 0.6) is 5.75 Å². The number of hydrogen-bond acceptors (Lipinski definition) is 6. The third kappa shape index (κ3) is 3.39. The number of benzene rings is 3. The molecule has 3 N–H and O–H groups in total. The number of anilines is 1. The molecule has 1 unspecified atom stereocenters. The first-order valence-corrected chi connectivity index (χ1v) is 11.4. The van der Waals surface area contributed by atoms with Crippen molar-refractivity contribution in [2.45, 2.75) is 6.04 Å². The summed E-state index contributed by atoms with van der Waals surface area (Å²) in [5.74, 6) is -1.89. The second-order valence-electron chi connectivity index (χ2n) is 8.13. The molecule has 9 heteroatoms. The maximum Gasteiger partial charge on any atom is 0.296 e. The molecule has 3 aromatic carbocycles. The number of fused-ring (bicyclic) bond motifs is 2. The molecule has 1 atom stereocenters. The summed E-state index contributed by atoms with van der Waals surface area (Å²) < 4.78 is 6.58. The predicted octanol–water partition coefficient (Wildman–Crippen LogP) is 5.56. The average molecular weight is 530 g/mol. The number of aromatic nitrogens is 2. The smallest absolute Gasteiger partial charge is 0.296 e. The molecule has 0 saturated heterocycles. The van der Waals surface area contributed by atoms with Gasteiger partial charge >= 0.3 is 0 Å². The highest BCUT2D eigenvalue weighted by atomic mass is 79.9. The number of H-pyrrole nitrogens is 1. The van der Waals surface area contributed by atoms with Gasteiger partial charge in [0.2, 0.25) is 11.7 Å². The van der Waals surface area contributed by atoms with Gasteiger partial charge in [-0.15, -0.1) is 0 Å². The first-order chi connectivity index (χ1) is 16.9. The molecule has 2 aromatic heterocycles. The molecular weight excluding hydrogens is 514 g/mol. The number of aliphatic hydroxyl groups is 1. The van der Waals surface area contributed by atoms with Crippen molar-refractivity contribution >= 4 is 55.6 Å². The number of ketones is 1. The number of carbonyl (C=O) groups is 2. The number of rotatable bonds is 4. The molecule has 0 aliphatic carbocycles. The van der Waals surface area contributed by atoms with Crippen LogP contribution in [0, 0.1) is 0 Å². The van der Waals surface area contributed by atoms with E-state index in [4.69, 9.17) is 4.42 Å². The van der Waals surface area contributed by atoms with Crippen molar-refractivity contribution in [1.82, 2.24) is 9.97 Å². The topological polar surface area (TPSA) is 120 Å². The monoisotopic (exact) mass is 529 g/mol. The number of nitrogens with zero attached hydrogens (tertiary/aromatic N) is 2. The Morgan fingerprint density at radius 3 is 2.57 bits per heavy atom. The molecule has 0 radical (unpaired) electrons. The minimum Gasteiger partial charge on any atom is -0.508 e. The molecule has 6 rings (SSSR count). The Kier molecular flexibility index (Phi) is 4.75. The summed E-state index contributed by atoms with van der Waals surface area (Å²) in [5, 5.41) is 21.4. The number of amides is 1. The number of Topliss-reactive ketones (excluding diaryl/α,β-unsaturated/α-hetero) is 1. The van der Waals surface area contributed by atoms with Crippen LogP contribution in [0.25, 0.3) is 22.0 Å². The van der Waals surface area contributed by atoms with Crippen LogP contribution in [0.1, 0.15) is 22.2 Å². The summed E-state index contributed by atoms with van der Waals surface area (Å²) >= 11 is 3.40. The standard InChI is InChI=1S/C26H16BrN3O5/c27-15-7-10-19-14(11-15)12-20(35-19)23(32)21-22(13-5-8-16(31)9-6-13)30(25(34)24(21)33)26-28-17-3-1-2-4-18(17)29-26/h1-12,22,31,33H,(H,28,29). The lowest BCUT2D eigenvalue weighted by Gasteiger charge is -2.24. The van der Waals surface area contributed by atoms with E-state index in [0.717, 1.165) is 4.47 Å². The fraction of sp³-hybridized carbons (Fsp3) is 0.0385. The lowest BCUT2D eigenvalue weighted by molar-refractivity contribution is -0.117. The number of phenols is 1. The van der Waals surface area contributed by atoms with Gasteiger partial charge in [0.15, 0.2) is 11.5 Å². The van der Waals surface area contributed by atoms with Gasteiger partial charge in [-0.05, 0) is 54.1 Å². The SMILES string of the molecule is O=C(C1=C(O)C(=O)N(c2nc3ccccc3[nH]2)C1c1ccc(O)cc1)c1cc2cc(Br)ccc2o1. The lowest BCUT2D eigenvalue weighted by Crippen LogP contribution is -2.32. The quantitative estimate of drug-likeness (QED) is 0.262. The number of carbonyl (C=O) groups excluding carboxylic acids is 2. The summed E-state index contributed by atoms with van der Waals surface area (Å²) in [6.45, 7) is 0. The molecule has 35 heavy (non-hydrogen) atoms. The summed E-state index contributed by atoms with van der Waals surface area (Å²) in [6.07, 6.45) is 0. The first-order valence-electron chi connectivity index (χ1n) is 10.6. The van der Waals surface area contributed by atoms with E-state index in [-0.39, 0.29) is 23.0 Å². The minimum atomic E-state index is -1.00. The van der Waals surface area contributed by atoms with Gasteiger partial charge in [0.05, 0.1) is 22.6 Å². The number of aromatic hydroxyl groups is 1. The largest absolute Gasteiger partial charge is 0.508 e. The molecule has 0 bridgehead atoms. The maximum absolute atomic E-state index is 13.7. The van der Waals surface area contributed by atoms with E-state index in [2.05, 4.69) is 25.9 Å². The number of aliphatic hydroxyl groups excluding tert-OH is 1. The van der Waals surface area contributed by atoms with Crippen molar-refractivity contribution in [2.24, 2.45) is 0 Å². The fourth-order valence-electron chi connectivity index (χ4n) is 4.34. The zero-order valence-corrected chi connectivity index (χ0v) is 19.5. The second kappa shape index (κ2) is 7.85. The third-order valence-electron chi connectivity index (χ3n) is 5.97. The van der Waals surface area contributed by atoms with Crippen LogP contribution in [-0.2, 0) is 4.79 Å². The van der Waals surface area contributed by atoms with Crippen molar-refractivity contribution in [2.75, 3.05) is 4.90 Å². The van der Waals surface area contributed by atoms with Crippen LogP contribution in [0.2, 0.25) is 0 Å². The first kappa shape index (κ1) is 21.2. The number of furan rings is 1. The Morgan fingerprint density at radius 1 is 1.03 bits per heavy atom. The fourth-order valence-corrected chi connectivity index (χ4v) is 4.72. The number of phenolic OH excluding ortho intramolecular Hbond substituents is 1. The molecular formula is C26H16BrN3O5. The molecule has 0 saturated carbocycles. The van der Waals surface area contributed by atoms with Crippen LogP contribution in [0.4, 0.5) is 5.95 Å². The van der Waals surface area contributed by atoms with Crippen LogP contribution >= 0.6 is 15.9 Å². The van der Waals surface area contributed by atoms with E-state index in [0.29, 0.717) is 27.6 Å². The van der Waals surface area contributed by atoms with Crippen molar-refractivity contribution < 1.29 is 24.2 Å². The number of para-hydroxylation sites is 2. The molecule has 172 valence electrons. The van der Waals surface area contributed by atoms with Crippen LogP contribution in [0.15, 0.2) is 93.0 Å². The molecule has 8 nitrogen and oxygen atoms in total. The third-order valence-corrected chi connectivity index (χ3v) is 6.46. The van der Waals surface area contributed by atoms with Crippen LogP contribution in [0.3, 0.4) is 0 Å². The van der Waals surface area contributed by atoms with Crippen molar-refractivity contribution in [3.05, 3.63) is 99.9 Å². The number of hydrogen-bond donors (Lipinski definition) is 3. The predicted molar refractivity (Wildman–Crippen MR) is 132 cm³/mol. The van der Waals surface area contributed by atoms with Crippen LogP contribution < -0.4 is 4.90 Å². The van der Waals surface area contributed by atoms with Gasteiger partial charge in [-0.25, -0.2) is 4.98 Å². The summed E-state index contributed by atoms with van der Waals surface area (Å²) in [7, 11) is 0. The zero-order valence-electron chi connectivity index (χ0n) is 17.9. The average Bonchev–Trinajstić information content (AvgIpc) is 3.53. The van der Waals surface area contributed by atoms with Gasteiger partial charge in [0.1, 0.15) is 11.3 Å². The normalized spacial score (nSPS) is 16.1. The van der Waals surface area contributed by atoms with Gasteiger partial charge in [-0.1, -0.05) is 40.2 Å². The summed E-state index contributed by atoms with van der Waals surface area (Å²) in [4.78, 5) is 35.8. The Hall–Kier alpha value is -4.37. The van der Waals surface area contributed by atoms with Crippen molar-refractivity contribution in [3.8, 4) is 5.75 Å². The summed E-state index contributed by atoms with van der Waals surface area (Å²) in [6, 6.07) is 19.2. The van der Waals surface area contributed by atoms with Gasteiger partial charge < -0.3 is 19.6 Å². The molecule has 1 amide bonds. The van der Waals surface area contributed by atoms with E-state index < -0.39 is 23.5 Å². The zero-order chi connectivity index (χ0) is 24.3. The van der Waals surface area contributed by atoms with Gasteiger partial charge in [0.25, 0.3) is 5.91 Å². The number of imidazole rings is 1. The highest BCUT2D eigenvalue weighted by Gasteiger charge is 2.46. The van der Waals surface area contributed by atoms with E-state index in [1.807, 2.05) is 24.3 Å². The molecule has 1 aliphatic rings.